The number of benzene rings is 1. The molecule has 1 saturated heterocycles. The molecule has 0 aliphatic carbocycles. The SMILES string of the molecule is Cc1ccc2ncc3ncn(C4CCCNC4)c3c2c1. The summed E-state index contributed by atoms with van der Waals surface area (Å²) in [5.41, 5.74) is 4.54. The molecule has 1 aliphatic rings. The molecule has 0 saturated carbocycles. The maximum Gasteiger partial charge on any atom is 0.107 e. The van der Waals surface area contributed by atoms with Crippen LogP contribution in [-0.2, 0) is 0 Å². The molecule has 4 rings (SSSR count). The molecular weight excluding hydrogens is 248 g/mol. The van der Waals surface area contributed by atoms with Crippen molar-refractivity contribution >= 4 is 21.9 Å². The second-order valence-electron chi connectivity index (χ2n) is 5.66. The van der Waals surface area contributed by atoms with Gasteiger partial charge in [0.25, 0.3) is 0 Å². The average molecular weight is 266 g/mol. The molecule has 2 aromatic heterocycles. The van der Waals surface area contributed by atoms with Gasteiger partial charge in [-0.3, -0.25) is 4.98 Å². The first kappa shape index (κ1) is 11.9. The summed E-state index contributed by atoms with van der Waals surface area (Å²) in [5.74, 6) is 0. The second kappa shape index (κ2) is 4.56. The van der Waals surface area contributed by atoms with Crippen LogP contribution in [0, 0.1) is 6.92 Å². The molecule has 3 aromatic rings. The van der Waals surface area contributed by atoms with E-state index in [0.717, 1.165) is 24.1 Å². The number of hydrogen-bond donors (Lipinski definition) is 1. The van der Waals surface area contributed by atoms with Gasteiger partial charge >= 0.3 is 0 Å². The van der Waals surface area contributed by atoms with E-state index < -0.39 is 0 Å². The molecule has 0 bridgehead atoms. The molecule has 1 unspecified atom stereocenters. The van der Waals surface area contributed by atoms with Crippen molar-refractivity contribution in [2.45, 2.75) is 25.8 Å². The van der Waals surface area contributed by atoms with Crippen molar-refractivity contribution in [2.24, 2.45) is 0 Å². The van der Waals surface area contributed by atoms with Crippen LogP contribution in [0.3, 0.4) is 0 Å². The third-order valence-electron chi connectivity index (χ3n) is 4.22. The van der Waals surface area contributed by atoms with Gasteiger partial charge in [0.05, 0.1) is 23.6 Å². The third-order valence-corrected chi connectivity index (χ3v) is 4.22. The normalized spacial score (nSPS) is 19.8. The summed E-state index contributed by atoms with van der Waals surface area (Å²) in [4.78, 5) is 9.06. The zero-order valence-corrected chi connectivity index (χ0v) is 11.6. The molecule has 0 radical (unpaired) electrons. The van der Waals surface area contributed by atoms with Crippen LogP contribution in [-0.4, -0.2) is 27.6 Å². The predicted molar refractivity (Wildman–Crippen MR) is 80.9 cm³/mol. The molecule has 20 heavy (non-hydrogen) atoms. The van der Waals surface area contributed by atoms with Crippen LogP contribution in [0.25, 0.3) is 21.9 Å². The second-order valence-corrected chi connectivity index (χ2v) is 5.66. The molecule has 1 aromatic carbocycles. The first-order chi connectivity index (χ1) is 9.83. The topological polar surface area (TPSA) is 42.7 Å². The monoisotopic (exact) mass is 266 g/mol. The molecule has 1 N–H and O–H groups in total. The lowest BCUT2D eigenvalue weighted by atomic mass is 10.1. The summed E-state index contributed by atoms with van der Waals surface area (Å²) in [7, 11) is 0. The third kappa shape index (κ3) is 1.79. The highest BCUT2D eigenvalue weighted by Gasteiger charge is 2.18. The van der Waals surface area contributed by atoms with E-state index in [4.69, 9.17) is 0 Å². The molecule has 1 aliphatic heterocycles. The van der Waals surface area contributed by atoms with E-state index in [9.17, 15) is 0 Å². The van der Waals surface area contributed by atoms with Gasteiger partial charge < -0.3 is 9.88 Å². The number of fused-ring (bicyclic) bond motifs is 3. The van der Waals surface area contributed by atoms with Gasteiger partial charge in [-0.05, 0) is 38.4 Å². The number of aromatic nitrogens is 3. The van der Waals surface area contributed by atoms with Crippen molar-refractivity contribution in [3.8, 4) is 0 Å². The number of hydrogen-bond acceptors (Lipinski definition) is 3. The van der Waals surface area contributed by atoms with Crippen molar-refractivity contribution in [1.82, 2.24) is 19.9 Å². The van der Waals surface area contributed by atoms with Gasteiger partial charge in [-0.2, -0.15) is 0 Å². The Kier molecular flexibility index (Phi) is 2.70. The Balaban J connectivity index is 1.99. The zero-order chi connectivity index (χ0) is 13.5. The Labute approximate surface area is 117 Å². The van der Waals surface area contributed by atoms with Crippen molar-refractivity contribution < 1.29 is 0 Å². The van der Waals surface area contributed by atoms with Crippen molar-refractivity contribution in [3.63, 3.8) is 0 Å². The molecular formula is C16H18N4. The fourth-order valence-electron chi connectivity index (χ4n) is 3.18. The number of imidazole rings is 1. The fourth-order valence-corrected chi connectivity index (χ4v) is 3.18. The van der Waals surface area contributed by atoms with Crippen LogP contribution in [0.4, 0.5) is 0 Å². The Hall–Kier alpha value is -1.94. The molecule has 3 heterocycles. The summed E-state index contributed by atoms with van der Waals surface area (Å²) in [5, 5.41) is 4.70. The minimum absolute atomic E-state index is 0.500. The number of nitrogens with zero attached hydrogens (tertiary/aromatic N) is 3. The quantitative estimate of drug-likeness (QED) is 0.736. The van der Waals surface area contributed by atoms with E-state index in [1.54, 1.807) is 0 Å². The molecule has 1 fully saturated rings. The lowest BCUT2D eigenvalue weighted by Gasteiger charge is -2.24. The van der Waals surface area contributed by atoms with Gasteiger partial charge in [0.2, 0.25) is 0 Å². The molecule has 4 heteroatoms. The minimum Gasteiger partial charge on any atom is -0.326 e. The van der Waals surface area contributed by atoms with E-state index in [2.05, 4.69) is 45.0 Å². The predicted octanol–water partition coefficient (Wildman–Crippen LogP) is 2.82. The van der Waals surface area contributed by atoms with Crippen molar-refractivity contribution in [1.29, 1.82) is 0 Å². The van der Waals surface area contributed by atoms with E-state index in [0.29, 0.717) is 6.04 Å². The number of pyridine rings is 1. The van der Waals surface area contributed by atoms with Crippen molar-refractivity contribution in [3.05, 3.63) is 36.3 Å². The first-order valence-corrected chi connectivity index (χ1v) is 7.25. The molecule has 0 amide bonds. The lowest BCUT2D eigenvalue weighted by Crippen LogP contribution is -2.31. The van der Waals surface area contributed by atoms with E-state index in [-0.39, 0.29) is 0 Å². The molecule has 4 nitrogen and oxygen atoms in total. The van der Waals surface area contributed by atoms with Gasteiger partial charge in [0.1, 0.15) is 5.52 Å². The Morgan fingerprint density at radius 2 is 2.20 bits per heavy atom. The van der Waals surface area contributed by atoms with Crippen LogP contribution < -0.4 is 5.32 Å². The highest BCUT2D eigenvalue weighted by Crippen LogP contribution is 2.28. The zero-order valence-electron chi connectivity index (χ0n) is 11.6. The van der Waals surface area contributed by atoms with E-state index >= 15 is 0 Å². The maximum absolute atomic E-state index is 4.55. The maximum atomic E-state index is 4.55. The van der Waals surface area contributed by atoms with Gasteiger partial charge in [0.15, 0.2) is 0 Å². The smallest absolute Gasteiger partial charge is 0.107 e. The lowest BCUT2D eigenvalue weighted by molar-refractivity contribution is 0.378. The highest BCUT2D eigenvalue weighted by molar-refractivity contribution is 6.02. The highest BCUT2D eigenvalue weighted by atomic mass is 15.1. The largest absolute Gasteiger partial charge is 0.326 e. The van der Waals surface area contributed by atoms with Crippen LogP contribution in [0.15, 0.2) is 30.7 Å². The summed E-state index contributed by atoms with van der Waals surface area (Å²) >= 11 is 0. The van der Waals surface area contributed by atoms with Crippen LogP contribution >= 0.6 is 0 Å². The summed E-state index contributed by atoms with van der Waals surface area (Å²) in [6.45, 7) is 4.28. The number of rotatable bonds is 1. The minimum atomic E-state index is 0.500. The number of aryl methyl sites for hydroxylation is 1. The van der Waals surface area contributed by atoms with Gasteiger partial charge in [-0.1, -0.05) is 11.6 Å². The van der Waals surface area contributed by atoms with Crippen LogP contribution in [0.5, 0.6) is 0 Å². The summed E-state index contributed by atoms with van der Waals surface area (Å²) in [6.07, 6.45) is 6.31. The van der Waals surface area contributed by atoms with Crippen LogP contribution in [0.1, 0.15) is 24.4 Å². The number of nitrogens with one attached hydrogen (secondary N) is 1. The fraction of sp³-hybridized carbons (Fsp3) is 0.375. The number of piperidine rings is 1. The molecule has 102 valence electrons. The van der Waals surface area contributed by atoms with Crippen molar-refractivity contribution in [2.75, 3.05) is 13.1 Å². The van der Waals surface area contributed by atoms with E-state index in [1.807, 2.05) is 12.5 Å². The Bertz CT molecular complexity index is 769. The summed E-state index contributed by atoms with van der Waals surface area (Å²) in [6, 6.07) is 6.93. The Morgan fingerprint density at radius 3 is 3.05 bits per heavy atom. The van der Waals surface area contributed by atoms with Gasteiger partial charge in [-0.15, -0.1) is 0 Å². The average Bonchev–Trinajstić information content (AvgIpc) is 2.92. The first-order valence-electron chi connectivity index (χ1n) is 7.25. The molecule has 0 spiro atoms. The van der Waals surface area contributed by atoms with E-state index in [1.165, 1.54) is 29.3 Å². The standard InChI is InChI=1S/C16H18N4/c1-11-4-5-14-13(7-11)16-15(9-18-14)19-10-20(16)12-3-2-6-17-8-12/h4-5,7,9-10,12,17H,2-3,6,8H2,1H3. The Morgan fingerprint density at radius 1 is 1.25 bits per heavy atom. The van der Waals surface area contributed by atoms with Gasteiger partial charge in [0, 0.05) is 18.0 Å². The van der Waals surface area contributed by atoms with Gasteiger partial charge in [-0.25, -0.2) is 4.98 Å². The summed E-state index contributed by atoms with van der Waals surface area (Å²) < 4.78 is 2.34. The van der Waals surface area contributed by atoms with Crippen LogP contribution in [0.2, 0.25) is 0 Å². The molecule has 1 atom stereocenters.